The summed E-state index contributed by atoms with van der Waals surface area (Å²) in [6.45, 7) is 6.60. The average Bonchev–Trinajstić information content (AvgIpc) is 2.90. The number of aromatic nitrogens is 4. The number of nitrogen functional groups attached to an aromatic ring is 1. The summed E-state index contributed by atoms with van der Waals surface area (Å²) >= 11 is 6.05. The van der Waals surface area contributed by atoms with E-state index in [1.54, 1.807) is 18.2 Å². The maximum atomic E-state index is 6.05. The molecule has 2 aromatic rings. The molecule has 6 heteroatoms. The molecule has 0 aliphatic rings. The lowest BCUT2D eigenvalue weighted by Gasteiger charge is -2.15. The van der Waals surface area contributed by atoms with Gasteiger partial charge in [0.05, 0.1) is 6.04 Å². The van der Waals surface area contributed by atoms with Crippen molar-refractivity contribution in [2.24, 2.45) is 5.92 Å². The molecular formula is C15H22ClN5. The molecule has 21 heavy (non-hydrogen) atoms. The summed E-state index contributed by atoms with van der Waals surface area (Å²) < 4.78 is 1.84. The molecule has 1 atom stereocenters. The first-order valence-electron chi connectivity index (χ1n) is 7.32. The van der Waals surface area contributed by atoms with Crippen molar-refractivity contribution in [3.05, 3.63) is 23.2 Å². The Labute approximate surface area is 130 Å². The Bertz CT molecular complexity index is 593. The van der Waals surface area contributed by atoms with Crippen LogP contribution in [0.5, 0.6) is 0 Å². The zero-order chi connectivity index (χ0) is 15.4. The van der Waals surface area contributed by atoms with Gasteiger partial charge >= 0.3 is 0 Å². The van der Waals surface area contributed by atoms with E-state index in [2.05, 4.69) is 36.3 Å². The van der Waals surface area contributed by atoms with Gasteiger partial charge in [-0.25, -0.2) is 4.68 Å². The first-order valence-corrected chi connectivity index (χ1v) is 7.70. The van der Waals surface area contributed by atoms with Crippen molar-refractivity contribution in [2.75, 3.05) is 5.73 Å². The Hall–Kier alpha value is -1.62. The van der Waals surface area contributed by atoms with Crippen LogP contribution in [0.4, 0.5) is 5.69 Å². The molecule has 0 aliphatic heterocycles. The summed E-state index contributed by atoms with van der Waals surface area (Å²) in [6, 6.07) is 5.58. The minimum absolute atomic E-state index is 0.229. The number of hydrogen-bond acceptors (Lipinski definition) is 4. The lowest BCUT2D eigenvalue weighted by molar-refractivity contribution is 0.414. The van der Waals surface area contributed by atoms with Crippen molar-refractivity contribution in [1.29, 1.82) is 0 Å². The van der Waals surface area contributed by atoms with Gasteiger partial charge in [-0.05, 0) is 47.9 Å². The fraction of sp³-hybridized carbons (Fsp3) is 0.533. The third kappa shape index (κ3) is 3.94. The highest BCUT2D eigenvalue weighted by Crippen LogP contribution is 2.29. The van der Waals surface area contributed by atoms with E-state index in [4.69, 9.17) is 17.3 Å². The first-order chi connectivity index (χ1) is 9.99. The molecule has 0 saturated heterocycles. The molecule has 5 nitrogen and oxygen atoms in total. The van der Waals surface area contributed by atoms with Crippen LogP contribution in [0.15, 0.2) is 18.2 Å². The number of anilines is 1. The number of hydrogen-bond donors (Lipinski definition) is 1. The largest absolute Gasteiger partial charge is 0.398 e. The van der Waals surface area contributed by atoms with E-state index in [-0.39, 0.29) is 6.04 Å². The van der Waals surface area contributed by atoms with Crippen molar-refractivity contribution in [1.82, 2.24) is 20.2 Å². The van der Waals surface area contributed by atoms with Crippen LogP contribution < -0.4 is 5.73 Å². The smallest absolute Gasteiger partial charge is 0.184 e. The van der Waals surface area contributed by atoms with E-state index in [9.17, 15) is 0 Å². The number of benzene rings is 1. The van der Waals surface area contributed by atoms with Crippen molar-refractivity contribution in [3.63, 3.8) is 0 Å². The van der Waals surface area contributed by atoms with Crippen molar-refractivity contribution >= 4 is 17.3 Å². The molecule has 0 saturated carbocycles. The van der Waals surface area contributed by atoms with Gasteiger partial charge in [0.2, 0.25) is 0 Å². The molecule has 1 aromatic carbocycles. The van der Waals surface area contributed by atoms with Gasteiger partial charge in [0.25, 0.3) is 0 Å². The van der Waals surface area contributed by atoms with Crippen LogP contribution in [-0.2, 0) is 0 Å². The van der Waals surface area contributed by atoms with Gasteiger partial charge in [0, 0.05) is 16.3 Å². The summed E-state index contributed by atoms with van der Waals surface area (Å²) in [4.78, 5) is 0. The highest BCUT2D eigenvalue weighted by Gasteiger charge is 2.17. The molecule has 1 aromatic heterocycles. The summed E-state index contributed by atoms with van der Waals surface area (Å²) in [7, 11) is 0. The standard InChI is InChI=1S/C15H22ClN5/c1-10(2)5-4-6-11(3)21-15(18-19-20-21)13-9-12(16)7-8-14(13)17/h7-11H,4-6,17H2,1-3H3. The maximum Gasteiger partial charge on any atom is 0.184 e. The molecule has 1 heterocycles. The lowest BCUT2D eigenvalue weighted by atomic mass is 10.0. The highest BCUT2D eigenvalue weighted by atomic mass is 35.5. The third-order valence-corrected chi connectivity index (χ3v) is 3.81. The molecule has 0 fully saturated rings. The summed E-state index contributed by atoms with van der Waals surface area (Å²) in [5.74, 6) is 1.39. The predicted octanol–water partition coefficient (Wildman–Crippen LogP) is 3.96. The van der Waals surface area contributed by atoms with Crippen LogP contribution in [0.3, 0.4) is 0 Å². The molecule has 0 spiro atoms. The van der Waals surface area contributed by atoms with E-state index >= 15 is 0 Å². The molecule has 0 aliphatic carbocycles. The molecular weight excluding hydrogens is 286 g/mol. The Morgan fingerprint density at radius 1 is 1.24 bits per heavy atom. The second kappa shape index (κ2) is 6.89. The molecule has 2 N–H and O–H groups in total. The minimum Gasteiger partial charge on any atom is -0.398 e. The van der Waals surface area contributed by atoms with Gasteiger partial charge in [-0.15, -0.1) is 5.10 Å². The number of nitrogens with zero attached hydrogens (tertiary/aromatic N) is 4. The number of nitrogens with two attached hydrogens (primary N) is 1. The summed E-state index contributed by atoms with van der Waals surface area (Å²) in [6.07, 6.45) is 3.40. The molecule has 114 valence electrons. The van der Waals surface area contributed by atoms with E-state index in [0.717, 1.165) is 18.4 Å². The van der Waals surface area contributed by atoms with Gasteiger partial charge in [0.1, 0.15) is 0 Å². The van der Waals surface area contributed by atoms with Crippen LogP contribution in [0.25, 0.3) is 11.4 Å². The number of tetrazole rings is 1. The van der Waals surface area contributed by atoms with E-state index in [1.807, 2.05) is 4.68 Å². The quantitative estimate of drug-likeness (QED) is 0.820. The normalized spacial score (nSPS) is 12.8. The van der Waals surface area contributed by atoms with Crippen LogP contribution in [0, 0.1) is 5.92 Å². The van der Waals surface area contributed by atoms with Crippen molar-refractivity contribution in [3.8, 4) is 11.4 Å². The monoisotopic (exact) mass is 307 g/mol. The zero-order valence-corrected chi connectivity index (χ0v) is 13.5. The van der Waals surface area contributed by atoms with Crippen molar-refractivity contribution < 1.29 is 0 Å². The van der Waals surface area contributed by atoms with Crippen molar-refractivity contribution in [2.45, 2.75) is 46.1 Å². The highest BCUT2D eigenvalue weighted by molar-refractivity contribution is 6.31. The SMILES string of the molecule is CC(C)CCCC(C)n1nnnc1-c1cc(Cl)ccc1N. The van der Waals surface area contributed by atoms with E-state index < -0.39 is 0 Å². The molecule has 0 radical (unpaired) electrons. The first kappa shape index (κ1) is 15.8. The predicted molar refractivity (Wildman–Crippen MR) is 86.1 cm³/mol. The van der Waals surface area contributed by atoms with Gasteiger partial charge in [-0.2, -0.15) is 0 Å². The fourth-order valence-electron chi connectivity index (χ4n) is 2.33. The number of rotatable bonds is 6. The number of halogens is 1. The van der Waals surface area contributed by atoms with Gasteiger partial charge in [0.15, 0.2) is 5.82 Å². The third-order valence-electron chi connectivity index (χ3n) is 3.57. The van der Waals surface area contributed by atoms with Gasteiger partial charge in [-0.1, -0.05) is 38.3 Å². The second-order valence-corrected chi connectivity index (χ2v) is 6.29. The Morgan fingerprint density at radius 2 is 2.00 bits per heavy atom. The summed E-state index contributed by atoms with van der Waals surface area (Å²) in [5.41, 5.74) is 7.43. The molecule has 0 bridgehead atoms. The minimum atomic E-state index is 0.229. The van der Waals surface area contributed by atoms with E-state index in [0.29, 0.717) is 22.5 Å². The molecule has 0 amide bonds. The van der Waals surface area contributed by atoms with E-state index in [1.165, 1.54) is 6.42 Å². The summed E-state index contributed by atoms with van der Waals surface area (Å²) in [5, 5.41) is 12.7. The maximum absolute atomic E-state index is 6.05. The zero-order valence-electron chi connectivity index (χ0n) is 12.8. The van der Waals surface area contributed by atoms with Crippen LogP contribution in [0.1, 0.15) is 46.1 Å². The Kier molecular flexibility index (Phi) is 5.17. The fourth-order valence-corrected chi connectivity index (χ4v) is 2.51. The topological polar surface area (TPSA) is 69.6 Å². The second-order valence-electron chi connectivity index (χ2n) is 5.85. The lowest BCUT2D eigenvalue weighted by Crippen LogP contribution is -2.10. The van der Waals surface area contributed by atoms with Crippen LogP contribution in [0.2, 0.25) is 5.02 Å². The van der Waals surface area contributed by atoms with Crippen LogP contribution >= 0.6 is 11.6 Å². The molecule has 2 rings (SSSR count). The van der Waals surface area contributed by atoms with Gasteiger partial charge < -0.3 is 5.73 Å². The van der Waals surface area contributed by atoms with Crippen LogP contribution in [-0.4, -0.2) is 20.2 Å². The average molecular weight is 308 g/mol. The molecule has 1 unspecified atom stereocenters. The van der Waals surface area contributed by atoms with Gasteiger partial charge in [-0.3, -0.25) is 0 Å². The Morgan fingerprint density at radius 3 is 2.71 bits per heavy atom. The Balaban J connectivity index is 2.20.